The van der Waals surface area contributed by atoms with E-state index in [0.717, 1.165) is 24.1 Å². The quantitative estimate of drug-likeness (QED) is 0.835. The van der Waals surface area contributed by atoms with Gasteiger partial charge in [-0.05, 0) is 37.3 Å². The van der Waals surface area contributed by atoms with Crippen molar-refractivity contribution in [2.75, 3.05) is 6.54 Å². The van der Waals surface area contributed by atoms with Crippen molar-refractivity contribution in [2.45, 2.75) is 38.0 Å². The minimum Gasteiger partial charge on any atom is -0.351 e. The molecule has 2 nitrogen and oxygen atoms in total. The van der Waals surface area contributed by atoms with Crippen molar-refractivity contribution < 1.29 is 4.79 Å². The van der Waals surface area contributed by atoms with E-state index in [1.165, 1.54) is 11.3 Å². The van der Waals surface area contributed by atoms with E-state index in [1.54, 1.807) is 11.3 Å². The molecule has 0 spiro atoms. The number of thiophene rings is 1. The highest BCUT2D eigenvalue weighted by molar-refractivity contribution is 7.14. The minimum absolute atomic E-state index is 0.0467. The van der Waals surface area contributed by atoms with Gasteiger partial charge in [-0.15, -0.1) is 22.9 Å². The lowest BCUT2D eigenvalue weighted by Crippen LogP contribution is -2.30. The highest BCUT2D eigenvalue weighted by atomic mass is 35.5. The van der Waals surface area contributed by atoms with Crippen LogP contribution >= 0.6 is 22.9 Å². The topological polar surface area (TPSA) is 29.1 Å². The van der Waals surface area contributed by atoms with Crippen molar-refractivity contribution in [3.8, 4) is 0 Å². The van der Waals surface area contributed by atoms with E-state index in [9.17, 15) is 4.79 Å². The Morgan fingerprint density at radius 1 is 1.53 bits per heavy atom. The fourth-order valence-electron chi connectivity index (χ4n) is 2.22. The number of amides is 1. The number of halogens is 1. The summed E-state index contributed by atoms with van der Waals surface area (Å²) in [6.45, 7) is 2.82. The predicted octanol–water partition coefficient (Wildman–Crippen LogP) is 3.45. The van der Waals surface area contributed by atoms with Crippen molar-refractivity contribution in [1.82, 2.24) is 5.32 Å². The molecule has 2 unspecified atom stereocenters. The summed E-state index contributed by atoms with van der Waals surface area (Å²) >= 11 is 7.76. The maximum Gasteiger partial charge on any atom is 0.261 e. The Bertz CT molecular complexity index is 391. The second kappa shape index (κ2) is 5.87. The molecule has 1 aromatic heterocycles. The zero-order valence-corrected chi connectivity index (χ0v) is 11.6. The zero-order valence-electron chi connectivity index (χ0n) is 10.0. The van der Waals surface area contributed by atoms with E-state index < -0.39 is 0 Å². The zero-order chi connectivity index (χ0) is 12.3. The van der Waals surface area contributed by atoms with E-state index >= 15 is 0 Å². The van der Waals surface area contributed by atoms with Crippen LogP contribution in [0.5, 0.6) is 0 Å². The Morgan fingerprint density at radius 2 is 2.35 bits per heavy atom. The maximum atomic E-state index is 11.9. The van der Waals surface area contributed by atoms with Gasteiger partial charge in [0.1, 0.15) is 0 Å². The Kier molecular flexibility index (Phi) is 4.46. The van der Waals surface area contributed by atoms with Crippen LogP contribution in [0.1, 0.15) is 40.7 Å². The number of aryl methyl sites for hydroxylation is 1. The van der Waals surface area contributed by atoms with Crippen LogP contribution in [0.4, 0.5) is 0 Å². The Hall–Kier alpha value is -0.540. The summed E-state index contributed by atoms with van der Waals surface area (Å²) < 4.78 is 0. The third-order valence-corrected chi connectivity index (χ3v) is 5.13. The maximum absolute atomic E-state index is 11.9. The van der Waals surface area contributed by atoms with Crippen molar-refractivity contribution in [1.29, 1.82) is 0 Å². The first-order valence-electron chi connectivity index (χ1n) is 6.21. The second-order valence-electron chi connectivity index (χ2n) is 4.54. The molecule has 94 valence electrons. The third-order valence-electron chi connectivity index (χ3n) is 3.33. The smallest absolute Gasteiger partial charge is 0.261 e. The van der Waals surface area contributed by atoms with Crippen LogP contribution in [0, 0.1) is 5.92 Å². The molecule has 1 fully saturated rings. The first-order valence-corrected chi connectivity index (χ1v) is 7.47. The lowest BCUT2D eigenvalue weighted by Gasteiger charge is -2.13. The molecule has 2 rings (SSSR count). The molecule has 0 radical (unpaired) electrons. The third kappa shape index (κ3) is 3.23. The summed E-state index contributed by atoms with van der Waals surface area (Å²) in [5, 5.41) is 3.24. The number of nitrogens with one attached hydrogen (secondary N) is 1. The normalized spacial score (nSPS) is 23.9. The lowest BCUT2D eigenvalue weighted by atomic mass is 10.1. The van der Waals surface area contributed by atoms with Gasteiger partial charge in [-0.2, -0.15) is 0 Å². The van der Waals surface area contributed by atoms with Crippen LogP contribution < -0.4 is 5.32 Å². The van der Waals surface area contributed by atoms with Gasteiger partial charge in [0.25, 0.3) is 5.91 Å². The predicted molar refractivity (Wildman–Crippen MR) is 73.0 cm³/mol. The van der Waals surface area contributed by atoms with Gasteiger partial charge in [0.05, 0.1) is 4.88 Å². The molecule has 17 heavy (non-hydrogen) atoms. The molecule has 1 heterocycles. The van der Waals surface area contributed by atoms with Gasteiger partial charge in [0, 0.05) is 16.8 Å². The Morgan fingerprint density at radius 3 is 2.94 bits per heavy atom. The molecule has 1 aromatic rings. The molecule has 1 amide bonds. The van der Waals surface area contributed by atoms with E-state index in [1.807, 2.05) is 12.1 Å². The number of carbonyl (C=O) groups excluding carboxylic acids is 1. The summed E-state index contributed by atoms with van der Waals surface area (Å²) in [4.78, 5) is 14.0. The van der Waals surface area contributed by atoms with E-state index in [-0.39, 0.29) is 11.3 Å². The van der Waals surface area contributed by atoms with Crippen molar-refractivity contribution in [3.05, 3.63) is 21.9 Å². The van der Waals surface area contributed by atoms with Crippen molar-refractivity contribution in [3.63, 3.8) is 0 Å². The Balaban J connectivity index is 1.84. The SMILES string of the molecule is CCc1ccc(C(=O)NCC2CCCC2Cl)s1. The van der Waals surface area contributed by atoms with Gasteiger partial charge in [-0.25, -0.2) is 0 Å². The van der Waals surface area contributed by atoms with Crippen LogP contribution in [0.25, 0.3) is 0 Å². The van der Waals surface area contributed by atoms with Crippen molar-refractivity contribution >= 4 is 28.8 Å². The highest BCUT2D eigenvalue weighted by Gasteiger charge is 2.25. The summed E-state index contributed by atoms with van der Waals surface area (Å²) in [5.74, 6) is 0.497. The summed E-state index contributed by atoms with van der Waals surface area (Å²) in [6.07, 6.45) is 4.40. The van der Waals surface area contributed by atoms with E-state index in [2.05, 4.69) is 12.2 Å². The molecule has 0 bridgehead atoms. The molecular weight excluding hydrogens is 254 g/mol. The molecular formula is C13H18ClNOS. The number of rotatable bonds is 4. The summed E-state index contributed by atoms with van der Waals surface area (Å²) in [5.41, 5.74) is 0. The van der Waals surface area contributed by atoms with Crippen LogP contribution in [0.15, 0.2) is 12.1 Å². The van der Waals surface area contributed by atoms with Gasteiger partial charge in [0.15, 0.2) is 0 Å². The summed E-state index contributed by atoms with van der Waals surface area (Å²) in [6, 6.07) is 3.94. The second-order valence-corrected chi connectivity index (χ2v) is 6.27. The van der Waals surface area contributed by atoms with E-state index in [4.69, 9.17) is 11.6 Å². The molecule has 1 N–H and O–H groups in total. The largest absolute Gasteiger partial charge is 0.351 e. The van der Waals surface area contributed by atoms with Crippen LogP contribution in [-0.2, 0) is 6.42 Å². The lowest BCUT2D eigenvalue weighted by molar-refractivity contribution is 0.0951. The van der Waals surface area contributed by atoms with Crippen molar-refractivity contribution in [2.24, 2.45) is 5.92 Å². The molecule has 4 heteroatoms. The first-order chi connectivity index (χ1) is 8.20. The van der Waals surface area contributed by atoms with Crippen LogP contribution in [0.2, 0.25) is 0 Å². The number of hydrogen-bond donors (Lipinski definition) is 1. The standard InChI is InChI=1S/C13H18ClNOS/c1-2-10-6-7-12(17-10)13(16)15-8-9-4-3-5-11(9)14/h6-7,9,11H,2-5,8H2,1H3,(H,15,16). The van der Waals surface area contributed by atoms with Gasteiger partial charge >= 0.3 is 0 Å². The minimum atomic E-state index is 0.0467. The van der Waals surface area contributed by atoms with Gasteiger partial charge in [-0.3, -0.25) is 4.79 Å². The van der Waals surface area contributed by atoms with Crippen LogP contribution in [0.3, 0.4) is 0 Å². The molecule has 1 saturated carbocycles. The van der Waals surface area contributed by atoms with Gasteiger partial charge in [0.2, 0.25) is 0 Å². The molecule has 0 aliphatic heterocycles. The monoisotopic (exact) mass is 271 g/mol. The van der Waals surface area contributed by atoms with E-state index in [0.29, 0.717) is 12.5 Å². The van der Waals surface area contributed by atoms with Gasteiger partial charge < -0.3 is 5.32 Å². The van der Waals surface area contributed by atoms with Gasteiger partial charge in [-0.1, -0.05) is 13.3 Å². The first kappa shape index (κ1) is 12.9. The molecule has 1 aliphatic carbocycles. The fourth-order valence-corrected chi connectivity index (χ4v) is 3.46. The summed E-state index contributed by atoms with van der Waals surface area (Å²) in [7, 11) is 0. The number of carbonyl (C=O) groups is 1. The molecule has 0 aromatic carbocycles. The highest BCUT2D eigenvalue weighted by Crippen LogP contribution is 2.29. The number of alkyl halides is 1. The van der Waals surface area contributed by atoms with Crippen LogP contribution in [-0.4, -0.2) is 17.8 Å². The molecule has 0 saturated heterocycles. The Labute approximate surface area is 111 Å². The molecule has 1 aliphatic rings. The average Bonchev–Trinajstić information content (AvgIpc) is 2.94. The number of hydrogen-bond acceptors (Lipinski definition) is 2. The molecule has 2 atom stereocenters. The fraction of sp³-hybridized carbons (Fsp3) is 0.615. The average molecular weight is 272 g/mol.